The molecule has 0 bridgehead atoms. The molecule has 1 aliphatic rings. The average molecular weight is 434 g/mol. The lowest BCUT2D eigenvalue weighted by atomic mass is 9.94. The maximum Gasteiger partial charge on any atom is 0.338 e. The molecular formula is C25H23FN2O4. The number of halogens is 1. The summed E-state index contributed by atoms with van der Waals surface area (Å²) in [7, 11) is 0. The highest BCUT2D eigenvalue weighted by Gasteiger charge is 2.26. The molecule has 1 aromatic heterocycles. The number of nitrogens with zero attached hydrogens (tertiary/aromatic N) is 2. The quantitative estimate of drug-likeness (QED) is 0.487. The van der Waals surface area contributed by atoms with Crippen LogP contribution in [0, 0.1) is 24.1 Å². The molecule has 1 fully saturated rings. The molecule has 2 unspecified atom stereocenters. The Morgan fingerprint density at radius 2 is 1.88 bits per heavy atom. The van der Waals surface area contributed by atoms with E-state index < -0.39 is 5.97 Å². The van der Waals surface area contributed by atoms with E-state index in [2.05, 4.69) is 4.98 Å². The number of aromatic nitrogens is 1. The van der Waals surface area contributed by atoms with E-state index in [0.29, 0.717) is 40.5 Å². The minimum absolute atomic E-state index is 0.0483. The van der Waals surface area contributed by atoms with Crippen molar-refractivity contribution >= 4 is 5.97 Å². The number of carbonyl (C=O) groups excluding carboxylic acids is 1. The highest BCUT2D eigenvalue weighted by molar-refractivity contribution is 5.89. The molecule has 1 heterocycles. The lowest BCUT2D eigenvalue weighted by Crippen LogP contribution is -2.30. The summed E-state index contributed by atoms with van der Waals surface area (Å²) in [6.45, 7) is 2.11. The fourth-order valence-corrected chi connectivity index (χ4v) is 3.74. The first-order valence-corrected chi connectivity index (χ1v) is 10.6. The Hall–Kier alpha value is -3.50. The van der Waals surface area contributed by atoms with Crippen molar-refractivity contribution in [3.8, 4) is 17.5 Å². The van der Waals surface area contributed by atoms with Crippen LogP contribution in [0.5, 0.6) is 0 Å². The highest BCUT2D eigenvalue weighted by atomic mass is 19.1. The van der Waals surface area contributed by atoms with Gasteiger partial charge in [-0.15, -0.1) is 0 Å². The van der Waals surface area contributed by atoms with Gasteiger partial charge in [0.05, 0.1) is 29.9 Å². The lowest BCUT2D eigenvalue weighted by Gasteiger charge is -2.28. The molecule has 0 amide bonds. The van der Waals surface area contributed by atoms with Gasteiger partial charge in [0.15, 0.2) is 0 Å². The summed E-state index contributed by atoms with van der Waals surface area (Å²) < 4.78 is 30.6. The molecule has 0 saturated heterocycles. The number of hydrogen-bond acceptors (Lipinski definition) is 6. The number of aryl methyl sites for hydroxylation is 1. The van der Waals surface area contributed by atoms with E-state index in [1.165, 1.54) is 12.1 Å². The lowest BCUT2D eigenvalue weighted by molar-refractivity contribution is -0.0368. The molecule has 0 aliphatic heterocycles. The molecule has 4 rings (SSSR count). The van der Waals surface area contributed by atoms with E-state index >= 15 is 0 Å². The Labute approximate surface area is 185 Å². The summed E-state index contributed by atoms with van der Waals surface area (Å²) in [6, 6.07) is 14.4. The molecule has 3 aromatic rings. The molecule has 32 heavy (non-hydrogen) atoms. The molecule has 2 aromatic carbocycles. The number of hydrogen-bond donors (Lipinski definition) is 0. The van der Waals surface area contributed by atoms with E-state index in [1.807, 2.05) is 13.0 Å². The van der Waals surface area contributed by atoms with Crippen molar-refractivity contribution in [2.75, 3.05) is 0 Å². The van der Waals surface area contributed by atoms with Crippen LogP contribution in [0.3, 0.4) is 0 Å². The van der Waals surface area contributed by atoms with Gasteiger partial charge in [0.25, 0.3) is 0 Å². The van der Waals surface area contributed by atoms with Gasteiger partial charge in [0.1, 0.15) is 23.4 Å². The minimum atomic E-state index is -0.392. The first-order valence-electron chi connectivity index (χ1n) is 10.6. The van der Waals surface area contributed by atoms with Gasteiger partial charge in [-0.05, 0) is 74.7 Å². The van der Waals surface area contributed by atoms with Crippen molar-refractivity contribution in [3.05, 3.63) is 76.9 Å². The second kappa shape index (κ2) is 9.75. The van der Waals surface area contributed by atoms with Crippen LogP contribution in [-0.4, -0.2) is 23.2 Å². The fourth-order valence-electron chi connectivity index (χ4n) is 3.74. The van der Waals surface area contributed by atoms with Gasteiger partial charge < -0.3 is 13.9 Å². The maximum atomic E-state index is 13.1. The number of oxazole rings is 1. The van der Waals surface area contributed by atoms with Crippen LogP contribution in [0.2, 0.25) is 0 Å². The van der Waals surface area contributed by atoms with E-state index in [1.54, 1.807) is 36.4 Å². The van der Waals surface area contributed by atoms with E-state index in [-0.39, 0.29) is 24.6 Å². The number of esters is 1. The van der Waals surface area contributed by atoms with Crippen molar-refractivity contribution in [1.82, 2.24) is 4.98 Å². The molecule has 1 saturated carbocycles. The Morgan fingerprint density at radius 3 is 2.59 bits per heavy atom. The monoisotopic (exact) mass is 434 g/mol. The molecule has 6 nitrogen and oxygen atoms in total. The second-order valence-corrected chi connectivity index (χ2v) is 7.84. The number of benzene rings is 2. The van der Waals surface area contributed by atoms with E-state index in [0.717, 1.165) is 19.3 Å². The molecule has 1 aliphatic carbocycles. The van der Waals surface area contributed by atoms with Gasteiger partial charge in [0, 0.05) is 12.0 Å². The fraction of sp³-hybridized carbons (Fsp3) is 0.320. The largest absolute Gasteiger partial charge is 0.459 e. The molecule has 0 spiro atoms. The first kappa shape index (κ1) is 21.7. The zero-order valence-corrected chi connectivity index (χ0v) is 17.7. The number of ether oxygens (including phenoxy) is 2. The summed E-state index contributed by atoms with van der Waals surface area (Å²) in [4.78, 5) is 16.9. The minimum Gasteiger partial charge on any atom is -0.459 e. The van der Waals surface area contributed by atoms with Gasteiger partial charge in [-0.3, -0.25) is 0 Å². The SMILES string of the molecule is Cc1oc(-c2ccc(F)cc2)nc1COC1CCCC(OC(=O)c2ccc(C#N)cc2)C1. The van der Waals surface area contributed by atoms with Crippen LogP contribution in [0.15, 0.2) is 52.9 Å². The number of nitriles is 1. The van der Waals surface area contributed by atoms with Gasteiger partial charge in [-0.25, -0.2) is 14.2 Å². The first-order chi connectivity index (χ1) is 15.5. The smallest absolute Gasteiger partial charge is 0.338 e. The van der Waals surface area contributed by atoms with Crippen molar-refractivity contribution < 1.29 is 23.1 Å². The van der Waals surface area contributed by atoms with Crippen LogP contribution < -0.4 is 0 Å². The maximum absolute atomic E-state index is 13.1. The van der Waals surface area contributed by atoms with Crippen molar-refractivity contribution in [1.29, 1.82) is 5.26 Å². The number of rotatable bonds is 6. The topological polar surface area (TPSA) is 85.4 Å². The molecule has 0 N–H and O–H groups in total. The zero-order chi connectivity index (χ0) is 22.5. The van der Waals surface area contributed by atoms with Gasteiger partial charge in [-0.1, -0.05) is 0 Å². The zero-order valence-electron chi connectivity index (χ0n) is 17.7. The summed E-state index contributed by atoms with van der Waals surface area (Å²) in [5.74, 6) is 0.381. The van der Waals surface area contributed by atoms with Gasteiger partial charge >= 0.3 is 5.97 Å². The Morgan fingerprint density at radius 1 is 1.16 bits per heavy atom. The third kappa shape index (κ3) is 5.21. The Balaban J connectivity index is 1.32. The van der Waals surface area contributed by atoms with E-state index in [9.17, 15) is 9.18 Å². The van der Waals surface area contributed by atoms with Crippen LogP contribution in [-0.2, 0) is 16.1 Å². The van der Waals surface area contributed by atoms with Crippen molar-refractivity contribution in [3.63, 3.8) is 0 Å². The number of carbonyl (C=O) groups is 1. The molecule has 0 radical (unpaired) electrons. The third-order valence-electron chi connectivity index (χ3n) is 5.54. The molecular weight excluding hydrogens is 411 g/mol. The standard InChI is InChI=1S/C25H23FN2O4/c1-16-23(28-24(31-16)18-9-11-20(26)12-10-18)15-30-21-3-2-4-22(13-21)32-25(29)19-7-5-17(14-27)6-8-19/h5-12,21-22H,2-4,13,15H2,1H3. The van der Waals surface area contributed by atoms with Crippen LogP contribution in [0.25, 0.3) is 11.5 Å². The average Bonchev–Trinajstić information content (AvgIpc) is 3.19. The molecule has 2 atom stereocenters. The summed E-state index contributed by atoms with van der Waals surface area (Å²) in [5.41, 5.74) is 2.33. The molecule has 164 valence electrons. The van der Waals surface area contributed by atoms with Crippen LogP contribution in [0.1, 0.15) is 53.1 Å². The van der Waals surface area contributed by atoms with E-state index in [4.69, 9.17) is 19.2 Å². The summed E-state index contributed by atoms with van der Waals surface area (Å²) in [6.07, 6.45) is 2.92. The van der Waals surface area contributed by atoms with Crippen LogP contribution in [0.4, 0.5) is 4.39 Å². The highest BCUT2D eigenvalue weighted by Crippen LogP contribution is 2.27. The van der Waals surface area contributed by atoms with Crippen LogP contribution >= 0.6 is 0 Å². The Kier molecular flexibility index (Phi) is 6.62. The summed E-state index contributed by atoms with van der Waals surface area (Å²) in [5, 5.41) is 8.87. The predicted molar refractivity (Wildman–Crippen MR) is 114 cm³/mol. The normalized spacial score (nSPS) is 18.2. The Bertz CT molecular complexity index is 1120. The van der Waals surface area contributed by atoms with Crippen molar-refractivity contribution in [2.24, 2.45) is 0 Å². The third-order valence-corrected chi connectivity index (χ3v) is 5.54. The second-order valence-electron chi connectivity index (χ2n) is 7.84. The molecule has 7 heteroatoms. The van der Waals surface area contributed by atoms with Gasteiger partial charge in [-0.2, -0.15) is 5.26 Å². The van der Waals surface area contributed by atoms with Crippen molar-refractivity contribution in [2.45, 2.75) is 51.4 Å². The summed E-state index contributed by atoms with van der Waals surface area (Å²) >= 11 is 0. The van der Waals surface area contributed by atoms with Gasteiger partial charge in [0.2, 0.25) is 5.89 Å². The predicted octanol–water partition coefficient (Wildman–Crippen LogP) is 5.35.